The molecule has 0 aromatic rings. The molecule has 0 bridgehead atoms. The van der Waals surface area contributed by atoms with E-state index in [2.05, 4.69) is 19.2 Å². The summed E-state index contributed by atoms with van der Waals surface area (Å²) >= 11 is 1.70. The molecule has 0 aliphatic carbocycles. The summed E-state index contributed by atoms with van der Waals surface area (Å²) in [6.07, 6.45) is 3.97. The Bertz CT molecular complexity index is 373. The van der Waals surface area contributed by atoms with Crippen LogP contribution in [0.3, 0.4) is 0 Å². The predicted octanol–water partition coefficient (Wildman–Crippen LogP) is 2.41. The van der Waals surface area contributed by atoms with E-state index in [0.29, 0.717) is 32.5 Å². The summed E-state index contributed by atoms with van der Waals surface area (Å²) in [5.41, 5.74) is -0.773. The van der Waals surface area contributed by atoms with Gasteiger partial charge >= 0.3 is 12.0 Å². The molecule has 1 heterocycles. The van der Waals surface area contributed by atoms with Crippen LogP contribution in [0, 0.1) is 5.41 Å². The van der Waals surface area contributed by atoms with Gasteiger partial charge in [-0.05, 0) is 39.4 Å². The van der Waals surface area contributed by atoms with Gasteiger partial charge in [-0.15, -0.1) is 0 Å². The van der Waals surface area contributed by atoms with Gasteiger partial charge in [-0.3, -0.25) is 4.79 Å². The molecule has 0 spiro atoms. The zero-order chi connectivity index (χ0) is 15.4. The van der Waals surface area contributed by atoms with Gasteiger partial charge in [-0.25, -0.2) is 4.79 Å². The number of hydrogen-bond acceptors (Lipinski definition) is 3. The first kappa shape index (κ1) is 17.1. The van der Waals surface area contributed by atoms with Crippen molar-refractivity contribution in [1.82, 2.24) is 10.2 Å². The molecule has 1 fully saturated rings. The van der Waals surface area contributed by atoms with Crippen LogP contribution in [0.2, 0.25) is 0 Å². The fourth-order valence-electron chi connectivity index (χ4n) is 2.39. The molecule has 1 aliphatic rings. The van der Waals surface area contributed by atoms with Crippen molar-refractivity contribution in [2.45, 2.75) is 44.8 Å². The number of piperidine rings is 1. The Morgan fingerprint density at radius 3 is 2.60 bits per heavy atom. The molecule has 0 aromatic carbocycles. The summed E-state index contributed by atoms with van der Waals surface area (Å²) in [7, 11) is 0. The minimum atomic E-state index is -0.790. The average Bonchev–Trinajstić information content (AvgIpc) is 2.44. The van der Waals surface area contributed by atoms with Crippen molar-refractivity contribution in [1.29, 1.82) is 0 Å². The second kappa shape index (κ2) is 6.70. The number of rotatable bonds is 5. The second-order valence-corrected chi connectivity index (χ2v) is 7.60. The zero-order valence-corrected chi connectivity index (χ0v) is 13.7. The minimum Gasteiger partial charge on any atom is -0.481 e. The third kappa shape index (κ3) is 4.04. The highest BCUT2D eigenvalue weighted by molar-refractivity contribution is 7.99. The molecule has 6 heteroatoms. The Labute approximate surface area is 125 Å². The number of urea groups is 1. The molecular formula is C14H26N2O3S. The Morgan fingerprint density at radius 1 is 1.45 bits per heavy atom. The van der Waals surface area contributed by atoms with E-state index < -0.39 is 11.4 Å². The van der Waals surface area contributed by atoms with Crippen molar-refractivity contribution in [3.63, 3.8) is 0 Å². The smallest absolute Gasteiger partial charge is 0.317 e. The fourth-order valence-corrected chi connectivity index (χ4v) is 2.61. The monoisotopic (exact) mass is 302 g/mol. The quantitative estimate of drug-likeness (QED) is 0.818. The van der Waals surface area contributed by atoms with Crippen LogP contribution < -0.4 is 5.32 Å². The first-order chi connectivity index (χ1) is 9.26. The van der Waals surface area contributed by atoms with Gasteiger partial charge < -0.3 is 15.3 Å². The summed E-state index contributed by atoms with van der Waals surface area (Å²) in [6.45, 7) is 7.55. The van der Waals surface area contributed by atoms with E-state index in [-0.39, 0.29) is 10.8 Å². The highest BCUT2D eigenvalue weighted by Crippen LogP contribution is 2.33. The Balaban J connectivity index is 2.63. The lowest BCUT2D eigenvalue weighted by Gasteiger charge is -2.39. The summed E-state index contributed by atoms with van der Waals surface area (Å²) in [6, 6.07) is -0.147. The van der Waals surface area contributed by atoms with Crippen LogP contribution in [0.1, 0.15) is 40.0 Å². The van der Waals surface area contributed by atoms with E-state index >= 15 is 0 Å². The third-order valence-corrected chi connectivity index (χ3v) is 5.46. The van der Waals surface area contributed by atoms with Gasteiger partial charge in [0.1, 0.15) is 0 Å². The average molecular weight is 302 g/mol. The molecule has 1 saturated heterocycles. The van der Waals surface area contributed by atoms with Gasteiger partial charge in [-0.2, -0.15) is 11.8 Å². The molecule has 1 unspecified atom stereocenters. The normalized spacial score (nSPS) is 23.5. The van der Waals surface area contributed by atoms with Crippen LogP contribution in [0.5, 0.6) is 0 Å². The molecule has 1 aliphatic heterocycles. The second-order valence-electron chi connectivity index (χ2n) is 6.09. The highest BCUT2D eigenvalue weighted by Gasteiger charge is 2.42. The van der Waals surface area contributed by atoms with E-state index in [1.807, 2.05) is 13.2 Å². The Hall–Kier alpha value is -0.910. The molecule has 5 nitrogen and oxygen atoms in total. The lowest BCUT2D eigenvalue weighted by Crippen LogP contribution is -2.53. The molecular weight excluding hydrogens is 276 g/mol. The molecule has 0 aromatic heterocycles. The number of nitrogens with one attached hydrogen (secondary N) is 1. The third-order valence-electron chi connectivity index (χ3n) is 4.21. The van der Waals surface area contributed by atoms with Crippen LogP contribution in [0.15, 0.2) is 0 Å². The van der Waals surface area contributed by atoms with Gasteiger partial charge in [0, 0.05) is 24.4 Å². The summed E-state index contributed by atoms with van der Waals surface area (Å²) in [5, 5.41) is 12.3. The fraction of sp³-hybridized carbons (Fsp3) is 0.857. The van der Waals surface area contributed by atoms with Crippen LogP contribution in [-0.4, -0.2) is 52.6 Å². The number of amides is 2. The van der Waals surface area contributed by atoms with E-state index in [4.69, 9.17) is 0 Å². The van der Waals surface area contributed by atoms with Crippen LogP contribution in [0.4, 0.5) is 4.79 Å². The minimum absolute atomic E-state index is 0.0138. The molecule has 1 atom stereocenters. The number of carbonyl (C=O) groups is 2. The maximum absolute atomic E-state index is 12.2. The van der Waals surface area contributed by atoms with Crippen LogP contribution in [0.25, 0.3) is 0 Å². The van der Waals surface area contributed by atoms with Crippen molar-refractivity contribution < 1.29 is 14.7 Å². The molecule has 2 amide bonds. The van der Waals surface area contributed by atoms with E-state index in [0.717, 1.165) is 6.42 Å². The van der Waals surface area contributed by atoms with Gasteiger partial charge in [0.15, 0.2) is 0 Å². The van der Waals surface area contributed by atoms with Crippen molar-refractivity contribution in [3.8, 4) is 0 Å². The molecule has 2 N–H and O–H groups in total. The molecule has 1 rings (SSSR count). The molecule has 20 heavy (non-hydrogen) atoms. The van der Waals surface area contributed by atoms with Crippen molar-refractivity contribution in [2.24, 2.45) is 5.41 Å². The van der Waals surface area contributed by atoms with Gasteiger partial charge in [0.25, 0.3) is 0 Å². The number of carboxylic acids is 1. The topological polar surface area (TPSA) is 69.6 Å². The van der Waals surface area contributed by atoms with E-state index in [1.165, 1.54) is 0 Å². The lowest BCUT2D eigenvalue weighted by molar-refractivity contribution is -0.152. The number of likely N-dealkylation sites (tertiary alicyclic amines) is 1. The largest absolute Gasteiger partial charge is 0.481 e. The first-order valence-electron chi connectivity index (χ1n) is 7.08. The first-order valence-corrected chi connectivity index (χ1v) is 8.30. The molecule has 0 radical (unpaired) electrons. The number of carbonyl (C=O) groups excluding carboxylic acids is 1. The number of aliphatic carboxylic acids is 1. The maximum atomic E-state index is 12.2. The summed E-state index contributed by atoms with van der Waals surface area (Å²) < 4.78 is -0.0138. The van der Waals surface area contributed by atoms with Gasteiger partial charge in [-0.1, -0.05) is 6.92 Å². The standard InChI is InChI=1S/C14H26N2O3S/c1-5-14(11(17)18)7-6-8-16(10-14)12(19)15-9-13(2,3)20-4/h5-10H2,1-4H3,(H,15,19)(H,17,18). The van der Waals surface area contributed by atoms with Gasteiger partial charge in [0.05, 0.1) is 5.41 Å². The van der Waals surface area contributed by atoms with Crippen molar-refractivity contribution >= 4 is 23.8 Å². The summed E-state index contributed by atoms with van der Waals surface area (Å²) in [4.78, 5) is 25.3. The van der Waals surface area contributed by atoms with Crippen LogP contribution in [-0.2, 0) is 4.79 Å². The van der Waals surface area contributed by atoms with E-state index in [1.54, 1.807) is 16.7 Å². The SMILES string of the molecule is CCC1(C(=O)O)CCCN(C(=O)NCC(C)(C)SC)C1. The molecule has 0 saturated carbocycles. The van der Waals surface area contributed by atoms with Crippen molar-refractivity contribution in [2.75, 3.05) is 25.9 Å². The Kier molecular flexibility index (Phi) is 5.74. The highest BCUT2D eigenvalue weighted by atomic mass is 32.2. The number of carboxylic acid groups (broad SMARTS) is 1. The number of thioether (sulfide) groups is 1. The predicted molar refractivity (Wildman–Crippen MR) is 82.2 cm³/mol. The number of hydrogen-bond donors (Lipinski definition) is 2. The summed E-state index contributed by atoms with van der Waals surface area (Å²) in [5.74, 6) is -0.790. The Morgan fingerprint density at radius 2 is 2.10 bits per heavy atom. The van der Waals surface area contributed by atoms with Gasteiger partial charge in [0.2, 0.25) is 0 Å². The lowest BCUT2D eigenvalue weighted by atomic mass is 9.78. The van der Waals surface area contributed by atoms with Crippen molar-refractivity contribution in [3.05, 3.63) is 0 Å². The zero-order valence-electron chi connectivity index (χ0n) is 12.9. The number of nitrogens with zero attached hydrogens (tertiary/aromatic N) is 1. The van der Waals surface area contributed by atoms with E-state index in [9.17, 15) is 14.7 Å². The molecule has 116 valence electrons. The maximum Gasteiger partial charge on any atom is 0.317 e. The van der Waals surface area contributed by atoms with Crippen LogP contribution >= 0.6 is 11.8 Å².